The first-order valence-corrected chi connectivity index (χ1v) is 8.80. The molecule has 9 heteroatoms. The van der Waals surface area contributed by atoms with Crippen molar-refractivity contribution in [3.05, 3.63) is 0 Å². The number of rotatable bonds is 10. The maximum Gasteiger partial charge on any atom is 0.334 e. The molecule has 0 aliphatic rings. The molecule has 0 radical (unpaired) electrons. The van der Waals surface area contributed by atoms with Gasteiger partial charge >= 0.3 is 11.9 Å². The molecule has 7 nitrogen and oxygen atoms in total. The Morgan fingerprint density at radius 1 is 1.19 bits per heavy atom. The van der Waals surface area contributed by atoms with Crippen molar-refractivity contribution >= 4 is 39.3 Å². The number of hydrogen-bond donors (Lipinski definition) is 2. The zero-order chi connectivity index (χ0) is 16.5. The third-order valence-electron chi connectivity index (χ3n) is 2.65. The van der Waals surface area contributed by atoms with E-state index in [2.05, 4.69) is 9.47 Å². The Balaban J connectivity index is 4.48. The van der Waals surface area contributed by atoms with Gasteiger partial charge in [-0.15, -0.1) is 0 Å². The molecule has 0 bridgehead atoms. The summed E-state index contributed by atoms with van der Waals surface area (Å²) < 4.78 is 9.11. The van der Waals surface area contributed by atoms with Crippen LogP contribution < -0.4 is 11.5 Å². The Labute approximate surface area is 132 Å². The van der Waals surface area contributed by atoms with Crippen molar-refractivity contribution in [2.45, 2.75) is 31.3 Å². The van der Waals surface area contributed by atoms with Gasteiger partial charge in [-0.25, -0.2) is 4.79 Å². The third kappa shape index (κ3) is 6.25. The Hall–Kier alpha value is -0.770. The van der Waals surface area contributed by atoms with Crippen LogP contribution in [0.25, 0.3) is 0 Å². The summed E-state index contributed by atoms with van der Waals surface area (Å²) in [6.45, 7) is 1.83. The predicted molar refractivity (Wildman–Crippen MR) is 83.8 cm³/mol. The van der Waals surface area contributed by atoms with Crippen LogP contribution in [0.2, 0.25) is 0 Å². The zero-order valence-corrected chi connectivity index (χ0v) is 14.1. The van der Waals surface area contributed by atoms with Crippen LogP contribution in [0.15, 0.2) is 0 Å². The number of carbonyl (C=O) groups is 3. The van der Waals surface area contributed by atoms with E-state index < -0.39 is 23.5 Å². The van der Waals surface area contributed by atoms with Crippen molar-refractivity contribution < 1.29 is 23.9 Å². The molecule has 0 aliphatic heterocycles. The standard InChI is InChI=1S/C12H22N2O5S2/c1-4-5-9(15)12(14,11(17)19-3)7-21-20-6-8(13)10(16)18-2/h8H,4-7,13-14H2,1-3H3/t8-,12+/m0/s1. The largest absolute Gasteiger partial charge is 0.468 e. The van der Waals surface area contributed by atoms with Gasteiger partial charge in [0.05, 0.1) is 14.2 Å². The predicted octanol–water partition coefficient (Wildman–Crippen LogP) is 0.108. The molecule has 4 N–H and O–H groups in total. The lowest BCUT2D eigenvalue weighted by atomic mass is 9.94. The van der Waals surface area contributed by atoms with Crippen LogP contribution in [0.5, 0.6) is 0 Å². The second-order valence-corrected chi connectivity index (χ2v) is 6.82. The van der Waals surface area contributed by atoms with Gasteiger partial charge in [-0.3, -0.25) is 9.59 Å². The minimum Gasteiger partial charge on any atom is -0.468 e. The van der Waals surface area contributed by atoms with E-state index >= 15 is 0 Å². The number of Topliss-reactive ketones (excluding diaryl/α,β-unsaturated/α-hetero) is 1. The summed E-state index contributed by atoms with van der Waals surface area (Å²) in [6, 6.07) is -0.760. The number of carbonyl (C=O) groups excluding carboxylic acids is 3. The molecule has 0 aromatic carbocycles. The van der Waals surface area contributed by atoms with Crippen molar-refractivity contribution in [1.29, 1.82) is 0 Å². The van der Waals surface area contributed by atoms with E-state index in [1.165, 1.54) is 35.8 Å². The Kier molecular flexibility index (Phi) is 9.67. The molecule has 0 aliphatic carbocycles. The van der Waals surface area contributed by atoms with Crippen LogP contribution >= 0.6 is 21.6 Å². The minimum atomic E-state index is -1.67. The van der Waals surface area contributed by atoms with E-state index in [4.69, 9.17) is 11.5 Å². The van der Waals surface area contributed by atoms with Crippen LogP contribution in [0.3, 0.4) is 0 Å². The molecule has 122 valence electrons. The number of esters is 2. The number of nitrogens with two attached hydrogens (primary N) is 2. The lowest BCUT2D eigenvalue weighted by Gasteiger charge is -2.24. The maximum absolute atomic E-state index is 12.0. The quantitative estimate of drug-likeness (QED) is 0.247. The molecule has 21 heavy (non-hydrogen) atoms. The molecule has 0 aromatic rings. The van der Waals surface area contributed by atoms with Crippen molar-refractivity contribution in [3.8, 4) is 0 Å². The van der Waals surface area contributed by atoms with E-state index in [-0.39, 0.29) is 23.7 Å². The molecule has 0 heterocycles. The van der Waals surface area contributed by atoms with Gasteiger partial charge in [0.2, 0.25) is 0 Å². The molecule has 0 spiro atoms. The molecular formula is C12H22N2O5S2. The molecule has 0 fully saturated rings. The minimum absolute atomic E-state index is 0.0526. The zero-order valence-electron chi connectivity index (χ0n) is 12.4. The summed E-state index contributed by atoms with van der Waals surface area (Å²) in [6.07, 6.45) is 0.804. The molecular weight excluding hydrogens is 316 g/mol. The summed E-state index contributed by atoms with van der Waals surface area (Å²) in [5.74, 6) is -1.29. The van der Waals surface area contributed by atoms with Gasteiger partial charge in [0, 0.05) is 17.9 Å². The number of ketones is 1. The Bertz CT molecular complexity index is 381. The molecule has 0 saturated carbocycles. The maximum atomic E-state index is 12.0. The van der Waals surface area contributed by atoms with Crippen molar-refractivity contribution in [2.24, 2.45) is 11.5 Å². The first-order chi connectivity index (χ1) is 9.83. The SMILES string of the molecule is CCCC(=O)[C@](N)(CSSC[C@H](N)C(=O)OC)C(=O)OC. The van der Waals surface area contributed by atoms with Gasteiger partial charge in [0.15, 0.2) is 11.3 Å². The number of methoxy groups -OCH3 is 2. The summed E-state index contributed by atoms with van der Waals surface area (Å²) in [5, 5.41) is 0. The van der Waals surface area contributed by atoms with Gasteiger partial charge in [-0.05, 0) is 6.42 Å². The van der Waals surface area contributed by atoms with Crippen molar-refractivity contribution in [1.82, 2.24) is 0 Å². The topological polar surface area (TPSA) is 122 Å². The monoisotopic (exact) mass is 338 g/mol. The van der Waals surface area contributed by atoms with Crippen molar-refractivity contribution in [3.63, 3.8) is 0 Å². The lowest BCUT2D eigenvalue weighted by molar-refractivity contribution is -0.150. The molecule has 0 amide bonds. The smallest absolute Gasteiger partial charge is 0.334 e. The van der Waals surface area contributed by atoms with Gasteiger partial charge < -0.3 is 20.9 Å². The van der Waals surface area contributed by atoms with Crippen LogP contribution in [0.1, 0.15) is 19.8 Å². The molecule has 0 aromatic heterocycles. The van der Waals surface area contributed by atoms with Crippen LogP contribution in [-0.2, 0) is 23.9 Å². The average Bonchev–Trinajstić information content (AvgIpc) is 2.49. The summed E-state index contributed by atoms with van der Waals surface area (Å²) in [7, 11) is 4.89. The lowest BCUT2D eigenvalue weighted by Crippen LogP contribution is -2.57. The summed E-state index contributed by atoms with van der Waals surface area (Å²) >= 11 is 0. The van der Waals surface area contributed by atoms with Crippen molar-refractivity contribution in [2.75, 3.05) is 25.7 Å². The fourth-order valence-electron chi connectivity index (χ4n) is 1.36. The van der Waals surface area contributed by atoms with Gasteiger partial charge in [0.1, 0.15) is 6.04 Å². The Morgan fingerprint density at radius 2 is 1.81 bits per heavy atom. The van der Waals surface area contributed by atoms with E-state index in [0.29, 0.717) is 6.42 Å². The van der Waals surface area contributed by atoms with Crippen LogP contribution in [0, 0.1) is 0 Å². The highest BCUT2D eigenvalue weighted by Gasteiger charge is 2.42. The molecule has 2 atom stereocenters. The normalized spacial score (nSPS) is 14.9. The average molecular weight is 338 g/mol. The van der Waals surface area contributed by atoms with Gasteiger partial charge in [0.25, 0.3) is 0 Å². The van der Waals surface area contributed by atoms with E-state index in [9.17, 15) is 14.4 Å². The fourth-order valence-corrected chi connectivity index (χ4v) is 3.82. The Morgan fingerprint density at radius 3 is 2.29 bits per heavy atom. The third-order valence-corrected chi connectivity index (χ3v) is 5.14. The van der Waals surface area contributed by atoms with E-state index in [1.807, 2.05) is 6.92 Å². The van der Waals surface area contributed by atoms with Crippen LogP contribution in [0.4, 0.5) is 0 Å². The number of ether oxygens (including phenoxy) is 2. The van der Waals surface area contributed by atoms with E-state index in [1.54, 1.807) is 0 Å². The molecule has 0 saturated heterocycles. The second kappa shape index (κ2) is 10.0. The summed E-state index contributed by atoms with van der Waals surface area (Å²) in [4.78, 5) is 34.9. The molecule has 0 rings (SSSR count). The first kappa shape index (κ1) is 20.2. The van der Waals surface area contributed by atoms with E-state index in [0.717, 1.165) is 0 Å². The fraction of sp³-hybridized carbons (Fsp3) is 0.750. The second-order valence-electron chi connectivity index (χ2n) is 4.31. The summed E-state index contributed by atoms with van der Waals surface area (Å²) in [5.41, 5.74) is 9.81. The van der Waals surface area contributed by atoms with Gasteiger partial charge in [-0.2, -0.15) is 0 Å². The highest BCUT2D eigenvalue weighted by atomic mass is 33.1. The van der Waals surface area contributed by atoms with Crippen LogP contribution in [-0.4, -0.2) is 55.0 Å². The number of hydrogen-bond acceptors (Lipinski definition) is 9. The van der Waals surface area contributed by atoms with Gasteiger partial charge in [-0.1, -0.05) is 28.5 Å². The highest BCUT2D eigenvalue weighted by molar-refractivity contribution is 8.76. The first-order valence-electron chi connectivity index (χ1n) is 6.31. The molecule has 0 unspecified atom stereocenters. The highest BCUT2D eigenvalue weighted by Crippen LogP contribution is 2.27.